The molecule has 0 amide bonds. The van der Waals surface area contributed by atoms with Gasteiger partial charge >= 0.3 is 0 Å². The number of rotatable bonds is 5. The van der Waals surface area contributed by atoms with E-state index in [0.717, 1.165) is 18.8 Å². The molecule has 0 unspecified atom stereocenters. The number of piperidine rings is 1. The van der Waals surface area contributed by atoms with Gasteiger partial charge in [0.15, 0.2) is 0 Å². The highest BCUT2D eigenvalue weighted by atomic mass is 16.1. The lowest BCUT2D eigenvalue weighted by Crippen LogP contribution is -2.33. The molecule has 0 aliphatic carbocycles. The summed E-state index contributed by atoms with van der Waals surface area (Å²) in [6.45, 7) is 3.76. The molecule has 1 saturated heterocycles. The summed E-state index contributed by atoms with van der Waals surface area (Å²) in [6.07, 6.45) is 10.6. The topological polar surface area (TPSA) is 50.2 Å². The zero-order chi connectivity index (χ0) is 13.5. The quantitative estimate of drug-likeness (QED) is 0.617. The zero-order valence-electron chi connectivity index (χ0n) is 11.1. The molecule has 0 aromatic carbocycles. The molecule has 5 nitrogen and oxygen atoms in total. The predicted octanol–water partition coefficient (Wildman–Crippen LogP) is 0.456. The number of nitrogens with one attached hydrogen (secondary N) is 1. The van der Waals surface area contributed by atoms with E-state index in [-0.39, 0.29) is 5.56 Å². The van der Waals surface area contributed by atoms with Crippen LogP contribution in [0.1, 0.15) is 19.3 Å². The van der Waals surface area contributed by atoms with Gasteiger partial charge in [-0.05, 0) is 19.3 Å². The predicted molar refractivity (Wildman–Crippen MR) is 76.3 cm³/mol. The van der Waals surface area contributed by atoms with E-state index >= 15 is 0 Å². The highest BCUT2D eigenvalue weighted by molar-refractivity contribution is 5.43. The van der Waals surface area contributed by atoms with Crippen LogP contribution in [0, 0.1) is 12.3 Å². The molecule has 1 fully saturated rings. The smallest absolute Gasteiger partial charge is 0.268 e. The van der Waals surface area contributed by atoms with Gasteiger partial charge in [0.05, 0.1) is 25.0 Å². The molecular weight excluding hydrogens is 240 g/mol. The lowest BCUT2D eigenvalue weighted by atomic mass is 10.1. The molecule has 102 valence electrons. The van der Waals surface area contributed by atoms with Gasteiger partial charge < -0.3 is 10.2 Å². The normalized spacial score (nSPS) is 15.2. The van der Waals surface area contributed by atoms with Crippen molar-refractivity contribution >= 4 is 5.69 Å². The van der Waals surface area contributed by atoms with Crippen molar-refractivity contribution < 1.29 is 0 Å². The molecule has 2 rings (SSSR count). The van der Waals surface area contributed by atoms with Crippen molar-refractivity contribution in [3.05, 3.63) is 22.6 Å². The number of hydrogen-bond acceptors (Lipinski definition) is 4. The molecule has 0 spiro atoms. The maximum absolute atomic E-state index is 12.0. The van der Waals surface area contributed by atoms with E-state index in [0.29, 0.717) is 19.6 Å². The van der Waals surface area contributed by atoms with E-state index in [1.807, 2.05) is 0 Å². The van der Waals surface area contributed by atoms with Crippen LogP contribution in [0.5, 0.6) is 0 Å². The third kappa shape index (κ3) is 3.83. The largest absolute Gasteiger partial charge is 0.370 e. The molecule has 1 aliphatic rings. The second-order valence-corrected chi connectivity index (χ2v) is 4.70. The van der Waals surface area contributed by atoms with Crippen molar-refractivity contribution in [1.29, 1.82) is 0 Å². The van der Waals surface area contributed by atoms with Crippen LogP contribution in [0.25, 0.3) is 0 Å². The average molecular weight is 260 g/mol. The van der Waals surface area contributed by atoms with Crippen LogP contribution >= 0.6 is 0 Å². The van der Waals surface area contributed by atoms with Gasteiger partial charge in [-0.3, -0.25) is 4.79 Å². The molecule has 0 bridgehead atoms. The van der Waals surface area contributed by atoms with Crippen LogP contribution in [-0.2, 0) is 6.54 Å². The van der Waals surface area contributed by atoms with E-state index < -0.39 is 0 Å². The molecule has 1 N–H and O–H groups in total. The van der Waals surface area contributed by atoms with Gasteiger partial charge in [-0.25, -0.2) is 4.68 Å². The minimum Gasteiger partial charge on any atom is -0.370 e. The van der Waals surface area contributed by atoms with Crippen molar-refractivity contribution in [2.24, 2.45) is 0 Å². The molecule has 1 aromatic heterocycles. The average Bonchev–Trinajstić information content (AvgIpc) is 2.46. The van der Waals surface area contributed by atoms with E-state index in [4.69, 9.17) is 6.42 Å². The van der Waals surface area contributed by atoms with Gasteiger partial charge in [-0.15, -0.1) is 6.42 Å². The highest BCUT2D eigenvalue weighted by Gasteiger charge is 2.12. The molecule has 1 aromatic rings. The lowest BCUT2D eigenvalue weighted by Gasteiger charge is -2.28. The van der Waals surface area contributed by atoms with Crippen LogP contribution in [-0.4, -0.2) is 36.0 Å². The Kier molecular flexibility index (Phi) is 4.99. The van der Waals surface area contributed by atoms with Gasteiger partial charge in [-0.1, -0.05) is 5.92 Å². The minimum absolute atomic E-state index is 0.0504. The molecule has 5 heteroatoms. The number of hydrogen-bond donors (Lipinski definition) is 1. The van der Waals surface area contributed by atoms with Crippen LogP contribution in [0.15, 0.2) is 17.1 Å². The van der Waals surface area contributed by atoms with Crippen molar-refractivity contribution in [3.8, 4) is 12.3 Å². The van der Waals surface area contributed by atoms with Crippen molar-refractivity contribution in [2.75, 3.05) is 31.1 Å². The SMILES string of the molecule is C#CCNCCn1ncc(N2CCCCC2)cc1=O. The summed E-state index contributed by atoms with van der Waals surface area (Å²) in [5.74, 6) is 2.50. The maximum atomic E-state index is 12.0. The first kappa shape index (κ1) is 13.6. The highest BCUT2D eigenvalue weighted by Crippen LogP contribution is 2.16. The van der Waals surface area contributed by atoms with Gasteiger partial charge in [0, 0.05) is 25.7 Å². The Morgan fingerprint density at radius 2 is 2.16 bits per heavy atom. The van der Waals surface area contributed by atoms with E-state index in [1.54, 1.807) is 12.3 Å². The molecule has 0 atom stereocenters. The number of nitrogens with zero attached hydrogens (tertiary/aromatic N) is 3. The van der Waals surface area contributed by atoms with Crippen LogP contribution in [0.4, 0.5) is 5.69 Å². The Balaban J connectivity index is 1.96. The maximum Gasteiger partial charge on any atom is 0.268 e. The summed E-state index contributed by atoms with van der Waals surface area (Å²) in [5, 5.41) is 7.26. The standard InChI is InChI=1S/C14H20N4O/c1-2-6-15-7-10-18-14(19)11-13(12-16-18)17-8-4-3-5-9-17/h1,11-12,15H,3-10H2. The summed E-state index contributed by atoms with van der Waals surface area (Å²) in [5.41, 5.74) is 0.892. The molecule has 2 heterocycles. The molecule has 0 saturated carbocycles. The van der Waals surface area contributed by atoms with Crippen LogP contribution < -0.4 is 15.8 Å². The Morgan fingerprint density at radius 1 is 1.37 bits per heavy atom. The zero-order valence-corrected chi connectivity index (χ0v) is 11.1. The molecule has 0 radical (unpaired) electrons. The summed E-state index contributed by atoms with van der Waals surface area (Å²) >= 11 is 0. The summed E-state index contributed by atoms with van der Waals surface area (Å²) < 4.78 is 1.47. The van der Waals surface area contributed by atoms with E-state index in [9.17, 15) is 4.79 Å². The molecule has 19 heavy (non-hydrogen) atoms. The first-order valence-electron chi connectivity index (χ1n) is 6.77. The van der Waals surface area contributed by atoms with Crippen molar-refractivity contribution in [2.45, 2.75) is 25.8 Å². The third-order valence-electron chi connectivity index (χ3n) is 3.30. The van der Waals surface area contributed by atoms with Crippen molar-refractivity contribution in [3.63, 3.8) is 0 Å². The van der Waals surface area contributed by atoms with Gasteiger partial charge in [0.25, 0.3) is 5.56 Å². The summed E-state index contributed by atoms with van der Waals surface area (Å²) in [6, 6.07) is 1.68. The monoisotopic (exact) mass is 260 g/mol. The van der Waals surface area contributed by atoms with Gasteiger partial charge in [-0.2, -0.15) is 5.10 Å². The Morgan fingerprint density at radius 3 is 2.84 bits per heavy atom. The molecule has 1 aliphatic heterocycles. The number of anilines is 1. The number of aromatic nitrogens is 2. The Bertz CT molecular complexity index is 497. The fourth-order valence-electron chi connectivity index (χ4n) is 2.26. The van der Waals surface area contributed by atoms with E-state index in [2.05, 4.69) is 21.2 Å². The van der Waals surface area contributed by atoms with Crippen LogP contribution in [0.2, 0.25) is 0 Å². The van der Waals surface area contributed by atoms with Gasteiger partial charge in [0.2, 0.25) is 0 Å². The van der Waals surface area contributed by atoms with Crippen molar-refractivity contribution in [1.82, 2.24) is 15.1 Å². The fraction of sp³-hybridized carbons (Fsp3) is 0.571. The van der Waals surface area contributed by atoms with Gasteiger partial charge in [0.1, 0.15) is 0 Å². The lowest BCUT2D eigenvalue weighted by molar-refractivity contribution is 0.541. The van der Waals surface area contributed by atoms with Crippen LogP contribution in [0.3, 0.4) is 0 Å². The summed E-state index contributed by atoms with van der Waals surface area (Å²) in [7, 11) is 0. The first-order valence-corrected chi connectivity index (χ1v) is 6.77. The second kappa shape index (κ2) is 6.95. The first-order chi connectivity index (χ1) is 9.31. The number of terminal acetylenes is 1. The Labute approximate surface area is 113 Å². The fourth-order valence-corrected chi connectivity index (χ4v) is 2.26. The van der Waals surface area contributed by atoms with E-state index in [1.165, 1.54) is 23.9 Å². The Hall–Kier alpha value is -1.80. The minimum atomic E-state index is -0.0504. The second-order valence-electron chi connectivity index (χ2n) is 4.70. The summed E-state index contributed by atoms with van der Waals surface area (Å²) in [4.78, 5) is 14.2. The third-order valence-corrected chi connectivity index (χ3v) is 3.30. The molecular formula is C14H20N4O.